The van der Waals surface area contributed by atoms with E-state index in [4.69, 9.17) is 0 Å². The topological polar surface area (TPSA) is 53.2 Å². The van der Waals surface area contributed by atoms with E-state index < -0.39 is 0 Å². The predicted octanol–water partition coefficient (Wildman–Crippen LogP) is 2.89. The molecule has 1 amide bonds. The number of H-pyrrole nitrogens is 1. The molecule has 2 aromatic heterocycles. The van der Waals surface area contributed by atoms with Crippen LogP contribution in [0.4, 0.5) is 0 Å². The second-order valence-electron chi connectivity index (χ2n) is 4.93. The Hall–Kier alpha value is -1.88. The summed E-state index contributed by atoms with van der Waals surface area (Å²) in [7, 11) is 1.72. The normalized spacial score (nSPS) is 12.2. The molecule has 0 bridgehead atoms. The van der Waals surface area contributed by atoms with E-state index >= 15 is 0 Å². The van der Waals surface area contributed by atoms with E-state index in [2.05, 4.69) is 4.98 Å². The Morgan fingerprint density at radius 3 is 2.60 bits per heavy atom. The van der Waals surface area contributed by atoms with Crippen molar-refractivity contribution in [2.75, 3.05) is 7.05 Å². The molecule has 2 aromatic rings. The first-order valence-electron chi connectivity index (χ1n) is 6.43. The molecule has 0 aromatic carbocycles. The summed E-state index contributed by atoms with van der Waals surface area (Å²) in [6.45, 7) is 5.79. The van der Waals surface area contributed by atoms with Crippen molar-refractivity contribution in [1.82, 2.24) is 9.88 Å². The number of aryl methyl sites for hydroxylation is 2. The van der Waals surface area contributed by atoms with Crippen molar-refractivity contribution in [2.45, 2.75) is 26.8 Å². The standard InChI is InChI=1S/C15H18N2O2S/c1-9-7-13(18)12(8-16-9)15(19)17(4)11(3)14-6-5-10(2)20-14/h5-8,11H,1-4H3,(H,16,18). The molecule has 5 heteroatoms. The van der Waals surface area contributed by atoms with Gasteiger partial charge in [-0.05, 0) is 32.9 Å². The molecule has 1 atom stereocenters. The van der Waals surface area contributed by atoms with Crippen LogP contribution in [0, 0.1) is 13.8 Å². The van der Waals surface area contributed by atoms with Gasteiger partial charge in [0.15, 0.2) is 5.43 Å². The van der Waals surface area contributed by atoms with Crippen LogP contribution in [0.2, 0.25) is 0 Å². The Morgan fingerprint density at radius 2 is 2.05 bits per heavy atom. The average molecular weight is 290 g/mol. The number of nitrogens with zero attached hydrogens (tertiary/aromatic N) is 1. The van der Waals surface area contributed by atoms with Gasteiger partial charge < -0.3 is 9.88 Å². The zero-order chi connectivity index (χ0) is 14.9. The maximum atomic E-state index is 12.4. The summed E-state index contributed by atoms with van der Waals surface area (Å²) in [5.41, 5.74) is 0.682. The minimum Gasteiger partial charge on any atom is -0.364 e. The van der Waals surface area contributed by atoms with Crippen molar-refractivity contribution in [3.05, 3.63) is 55.6 Å². The molecule has 2 heterocycles. The molecule has 0 fully saturated rings. The second-order valence-corrected chi connectivity index (χ2v) is 6.25. The highest BCUT2D eigenvalue weighted by Gasteiger charge is 2.21. The maximum Gasteiger partial charge on any atom is 0.259 e. The Bertz CT molecular complexity index is 687. The third-order valence-electron chi connectivity index (χ3n) is 3.36. The molecule has 0 spiro atoms. The molecule has 106 valence electrons. The summed E-state index contributed by atoms with van der Waals surface area (Å²) in [6, 6.07) is 5.45. The third-order valence-corrected chi connectivity index (χ3v) is 4.53. The molecule has 0 aliphatic carbocycles. The van der Waals surface area contributed by atoms with Gasteiger partial charge >= 0.3 is 0 Å². The molecule has 1 N–H and O–H groups in total. The van der Waals surface area contributed by atoms with Crippen LogP contribution in [-0.4, -0.2) is 22.8 Å². The highest BCUT2D eigenvalue weighted by Crippen LogP contribution is 2.26. The Kier molecular flexibility index (Phi) is 4.09. The lowest BCUT2D eigenvalue weighted by Crippen LogP contribution is -2.32. The van der Waals surface area contributed by atoms with Crippen molar-refractivity contribution in [2.24, 2.45) is 0 Å². The van der Waals surface area contributed by atoms with Crippen LogP contribution in [-0.2, 0) is 0 Å². The number of pyridine rings is 1. The zero-order valence-electron chi connectivity index (χ0n) is 12.1. The van der Waals surface area contributed by atoms with Crippen molar-refractivity contribution in [3.63, 3.8) is 0 Å². The summed E-state index contributed by atoms with van der Waals surface area (Å²) in [5, 5.41) is 0. The van der Waals surface area contributed by atoms with Crippen LogP contribution in [0.5, 0.6) is 0 Å². The molecular weight excluding hydrogens is 272 g/mol. The van der Waals surface area contributed by atoms with Crippen LogP contribution < -0.4 is 5.43 Å². The lowest BCUT2D eigenvalue weighted by atomic mass is 10.2. The fraction of sp³-hybridized carbons (Fsp3) is 0.333. The van der Waals surface area contributed by atoms with Crippen LogP contribution in [0.15, 0.2) is 29.2 Å². The molecule has 0 radical (unpaired) electrons. The average Bonchev–Trinajstić information content (AvgIpc) is 2.83. The van der Waals surface area contributed by atoms with E-state index in [0.29, 0.717) is 0 Å². The monoisotopic (exact) mass is 290 g/mol. The van der Waals surface area contributed by atoms with E-state index in [1.54, 1.807) is 30.2 Å². The number of aromatic nitrogens is 1. The van der Waals surface area contributed by atoms with E-state index in [9.17, 15) is 9.59 Å². The number of hydrogen-bond acceptors (Lipinski definition) is 3. The van der Waals surface area contributed by atoms with Gasteiger partial charge in [0, 0.05) is 34.8 Å². The number of rotatable bonds is 3. The molecule has 0 aliphatic rings. The fourth-order valence-corrected chi connectivity index (χ4v) is 2.95. The molecule has 0 saturated carbocycles. The van der Waals surface area contributed by atoms with Gasteiger partial charge in [0.25, 0.3) is 5.91 Å². The van der Waals surface area contributed by atoms with Gasteiger partial charge in [-0.2, -0.15) is 0 Å². The maximum absolute atomic E-state index is 12.4. The highest BCUT2D eigenvalue weighted by molar-refractivity contribution is 7.12. The quantitative estimate of drug-likeness (QED) is 0.945. The van der Waals surface area contributed by atoms with Gasteiger partial charge in [0.2, 0.25) is 0 Å². The van der Waals surface area contributed by atoms with Crippen LogP contribution in [0.1, 0.15) is 38.8 Å². The first-order chi connectivity index (χ1) is 9.40. The number of nitrogens with one attached hydrogen (secondary N) is 1. The highest BCUT2D eigenvalue weighted by atomic mass is 32.1. The van der Waals surface area contributed by atoms with Gasteiger partial charge in [0.1, 0.15) is 5.56 Å². The summed E-state index contributed by atoms with van der Waals surface area (Å²) >= 11 is 1.66. The lowest BCUT2D eigenvalue weighted by molar-refractivity contribution is 0.0743. The molecule has 0 aliphatic heterocycles. The predicted molar refractivity (Wildman–Crippen MR) is 81.4 cm³/mol. The van der Waals surface area contributed by atoms with E-state index in [1.165, 1.54) is 17.1 Å². The zero-order valence-corrected chi connectivity index (χ0v) is 12.9. The summed E-state index contributed by atoms with van der Waals surface area (Å²) in [4.78, 5) is 31.1. The van der Waals surface area contributed by atoms with Crippen LogP contribution in [0.25, 0.3) is 0 Å². The summed E-state index contributed by atoms with van der Waals surface area (Å²) in [6.07, 6.45) is 1.49. The molecular formula is C15H18N2O2S. The van der Waals surface area contributed by atoms with Gasteiger partial charge in [-0.15, -0.1) is 11.3 Å². The number of aromatic amines is 1. The van der Waals surface area contributed by atoms with Crippen molar-refractivity contribution in [3.8, 4) is 0 Å². The fourth-order valence-electron chi connectivity index (χ4n) is 1.98. The minimum atomic E-state index is -0.259. The van der Waals surface area contributed by atoms with E-state index in [0.717, 1.165) is 10.6 Å². The summed E-state index contributed by atoms with van der Waals surface area (Å²) < 4.78 is 0. The second kappa shape index (κ2) is 5.63. The largest absolute Gasteiger partial charge is 0.364 e. The smallest absolute Gasteiger partial charge is 0.259 e. The molecule has 4 nitrogen and oxygen atoms in total. The van der Waals surface area contributed by atoms with Gasteiger partial charge in [0.05, 0.1) is 6.04 Å². The molecule has 2 rings (SSSR count). The number of carbonyl (C=O) groups is 1. The Morgan fingerprint density at radius 1 is 1.35 bits per heavy atom. The molecule has 20 heavy (non-hydrogen) atoms. The van der Waals surface area contributed by atoms with Crippen LogP contribution >= 0.6 is 11.3 Å². The number of carbonyl (C=O) groups excluding carboxylic acids is 1. The molecule has 0 saturated heterocycles. The van der Waals surface area contributed by atoms with E-state index in [-0.39, 0.29) is 22.9 Å². The van der Waals surface area contributed by atoms with Gasteiger partial charge in [-0.1, -0.05) is 0 Å². The minimum absolute atomic E-state index is 0.0538. The molecule has 1 unspecified atom stereocenters. The van der Waals surface area contributed by atoms with Crippen LogP contribution in [0.3, 0.4) is 0 Å². The summed E-state index contributed by atoms with van der Waals surface area (Å²) in [5.74, 6) is -0.259. The van der Waals surface area contributed by atoms with Crippen molar-refractivity contribution in [1.29, 1.82) is 0 Å². The van der Waals surface area contributed by atoms with Crippen molar-refractivity contribution < 1.29 is 4.79 Å². The first-order valence-corrected chi connectivity index (χ1v) is 7.24. The van der Waals surface area contributed by atoms with Gasteiger partial charge in [-0.25, -0.2) is 0 Å². The Balaban J connectivity index is 2.26. The first kappa shape index (κ1) is 14.5. The van der Waals surface area contributed by atoms with Crippen molar-refractivity contribution >= 4 is 17.2 Å². The number of thiophene rings is 1. The third kappa shape index (κ3) is 2.82. The number of hydrogen-bond donors (Lipinski definition) is 1. The van der Waals surface area contributed by atoms with E-state index in [1.807, 2.05) is 26.0 Å². The lowest BCUT2D eigenvalue weighted by Gasteiger charge is -2.23. The SMILES string of the molecule is Cc1cc(=O)c(C(=O)N(C)C(C)c2ccc(C)s2)c[nH]1. The Labute approximate surface area is 122 Å². The number of amides is 1. The van der Waals surface area contributed by atoms with Gasteiger partial charge in [-0.3, -0.25) is 9.59 Å².